The maximum Gasteiger partial charge on any atom is 0.229 e. The normalized spacial score (nSPS) is 19.8. The second kappa shape index (κ2) is 8.95. The Morgan fingerprint density at radius 1 is 1.11 bits per heavy atom. The Balaban J connectivity index is 1.27. The fourth-order valence-corrected chi connectivity index (χ4v) is 5.08. The topological polar surface area (TPSA) is 73.1 Å². The maximum atomic E-state index is 13.4. The van der Waals surface area contributed by atoms with Gasteiger partial charge in [0, 0.05) is 52.0 Å². The Morgan fingerprint density at radius 2 is 1.89 bits per heavy atom. The minimum Gasteiger partial charge on any atom is -0.353 e. The van der Waals surface area contributed by atoms with Gasteiger partial charge in [-0.15, -0.1) is 0 Å². The zero-order chi connectivity index (χ0) is 24.9. The summed E-state index contributed by atoms with van der Waals surface area (Å²) in [4.78, 5) is 35.7. The molecule has 2 saturated heterocycles. The number of hydrogen-bond acceptors (Lipinski definition) is 7. The van der Waals surface area contributed by atoms with Gasteiger partial charge >= 0.3 is 0 Å². The summed E-state index contributed by atoms with van der Waals surface area (Å²) in [6.07, 6.45) is 5.52. The smallest absolute Gasteiger partial charge is 0.229 e. The van der Waals surface area contributed by atoms with Crippen molar-refractivity contribution in [1.82, 2.24) is 29.2 Å². The summed E-state index contributed by atoms with van der Waals surface area (Å²) in [5, 5.41) is 0.515. The minimum atomic E-state index is -0.518. The molecule has 1 atom stereocenters. The molecule has 0 N–H and O–H groups in total. The van der Waals surface area contributed by atoms with E-state index in [4.69, 9.17) is 16.6 Å². The number of aromatic nitrogens is 4. The molecule has 0 bridgehead atoms. The van der Waals surface area contributed by atoms with Crippen molar-refractivity contribution in [3.05, 3.63) is 47.5 Å². The van der Waals surface area contributed by atoms with Crippen LogP contribution in [-0.4, -0.2) is 87.9 Å². The van der Waals surface area contributed by atoms with E-state index < -0.39 is 5.54 Å². The number of halogens is 1. The quantitative estimate of drug-likeness (QED) is 0.537. The fourth-order valence-electron chi connectivity index (χ4n) is 4.87. The monoisotopic (exact) mass is 496 g/mol. The van der Waals surface area contributed by atoms with E-state index in [-0.39, 0.29) is 11.8 Å². The highest BCUT2D eigenvalue weighted by atomic mass is 35.5. The standard InChI is InChI=1S/C25H33ClN8O/c1-17-14-32(11-10-30(17)4)24-28-12-19(26)22(29-24)33-15-18(16-33)23(35)31(5)25(2,3)20-13-27-21-8-6-7-9-34(20)21/h6-9,12-13,17-18H,10-11,14-16H2,1-5H3. The minimum absolute atomic E-state index is 0.107. The van der Waals surface area contributed by atoms with Gasteiger partial charge in [-0.1, -0.05) is 17.7 Å². The fraction of sp³-hybridized carbons (Fsp3) is 0.520. The van der Waals surface area contributed by atoms with Gasteiger partial charge in [-0.25, -0.2) is 9.97 Å². The Hall–Kier alpha value is -2.91. The summed E-state index contributed by atoms with van der Waals surface area (Å²) in [7, 11) is 4.01. The van der Waals surface area contributed by atoms with Crippen molar-refractivity contribution in [2.24, 2.45) is 5.92 Å². The van der Waals surface area contributed by atoms with Crippen LogP contribution in [0.1, 0.15) is 26.5 Å². The van der Waals surface area contributed by atoms with Crippen molar-refractivity contribution < 1.29 is 4.79 Å². The lowest BCUT2D eigenvalue weighted by molar-refractivity contribution is -0.140. The van der Waals surface area contributed by atoms with Crippen LogP contribution in [0.5, 0.6) is 0 Å². The number of hydrogen-bond donors (Lipinski definition) is 0. The number of imidazole rings is 1. The molecule has 35 heavy (non-hydrogen) atoms. The first kappa shape index (κ1) is 23.8. The van der Waals surface area contributed by atoms with E-state index in [1.165, 1.54) is 0 Å². The summed E-state index contributed by atoms with van der Waals surface area (Å²) in [5.74, 6) is 1.40. The van der Waals surface area contributed by atoms with Gasteiger partial charge in [-0.2, -0.15) is 4.98 Å². The lowest BCUT2D eigenvalue weighted by Crippen LogP contribution is -2.57. The molecule has 0 saturated carbocycles. The molecule has 0 aromatic carbocycles. The predicted molar refractivity (Wildman–Crippen MR) is 138 cm³/mol. The summed E-state index contributed by atoms with van der Waals surface area (Å²) in [5.41, 5.74) is 1.33. The van der Waals surface area contributed by atoms with Crippen molar-refractivity contribution in [1.29, 1.82) is 0 Å². The Labute approximate surface area is 211 Å². The third-order valence-corrected chi connectivity index (χ3v) is 7.97. The number of nitrogens with zero attached hydrogens (tertiary/aromatic N) is 8. The number of carbonyl (C=O) groups is 1. The average Bonchev–Trinajstić information content (AvgIpc) is 3.25. The van der Waals surface area contributed by atoms with Gasteiger partial charge in [0.15, 0.2) is 5.82 Å². The molecule has 2 aliphatic rings. The second-order valence-corrected chi connectivity index (χ2v) is 10.7. The van der Waals surface area contributed by atoms with Crippen molar-refractivity contribution in [3.8, 4) is 0 Å². The Bertz CT molecular complexity index is 1240. The first-order chi connectivity index (χ1) is 16.7. The maximum absolute atomic E-state index is 13.4. The van der Waals surface area contributed by atoms with Crippen LogP contribution in [0, 0.1) is 5.92 Å². The number of amides is 1. The first-order valence-corrected chi connectivity index (χ1v) is 12.5. The largest absolute Gasteiger partial charge is 0.353 e. The Morgan fingerprint density at radius 3 is 2.63 bits per heavy atom. The van der Waals surface area contributed by atoms with E-state index >= 15 is 0 Å². The highest BCUT2D eigenvalue weighted by Gasteiger charge is 2.41. The highest BCUT2D eigenvalue weighted by Crippen LogP contribution is 2.34. The van der Waals surface area contributed by atoms with E-state index in [9.17, 15) is 4.79 Å². The molecule has 1 amide bonds. The van der Waals surface area contributed by atoms with Crippen molar-refractivity contribution in [3.63, 3.8) is 0 Å². The van der Waals surface area contributed by atoms with E-state index in [1.54, 1.807) is 6.20 Å². The number of rotatable bonds is 5. The van der Waals surface area contributed by atoms with Crippen molar-refractivity contribution in [2.45, 2.75) is 32.4 Å². The summed E-state index contributed by atoms with van der Waals surface area (Å²) in [6.45, 7) is 10.2. The summed E-state index contributed by atoms with van der Waals surface area (Å²) >= 11 is 6.48. The number of likely N-dealkylation sites (N-methyl/N-ethyl adjacent to an activating group) is 1. The first-order valence-electron chi connectivity index (χ1n) is 12.1. The molecule has 0 spiro atoms. The summed E-state index contributed by atoms with van der Waals surface area (Å²) in [6, 6.07) is 6.34. The third kappa shape index (κ3) is 4.21. The van der Waals surface area contributed by atoms with Crippen LogP contribution in [0.4, 0.5) is 11.8 Å². The third-order valence-electron chi connectivity index (χ3n) is 7.70. The van der Waals surface area contributed by atoms with Gasteiger partial charge in [0.05, 0.1) is 29.5 Å². The van der Waals surface area contributed by atoms with Gasteiger partial charge in [0.2, 0.25) is 11.9 Å². The van der Waals surface area contributed by atoms with Crippen molar-refractivity contribution in [2.75, 3.05) is 56.6 Å². The number of anilines is 2. The van der Waals surface area contributed by atoms with Gasteiger partial charge in [-0.3, -0.25) is 4.79 Å². The molecule has 9 nitrogen and oxygen atoms in total. The number of carbonyl (C=O) groups excluding carboxylic acids is 1. The molecule has 3 aromatic heterocycles. The lowest BCUT2D eigenvalue weighted by Gasteiger charge is -2.44. The zero-order valence-corrected chi connectivity index (χ0v) is 21.8. The number of piperazine rings is 1. The molecule has 5 rings (SSSR count). The molecule has 1 unspecified atom stereocenters. The van der Waals surface area contributed by atoms with Gasteiger partial charge in [-0.05, 0) is 40.0 Å². The molecule has 2 aliphatic heterocycles. The predicted octanol–water partition coefficient (Wildman–Crippen LogP) is 2.75. The van der Waals surface area contributed by atoms with Crippen molar-refractivity contribution >= 4 is 34.9 Å². The van der Waals surface area contributed by atoms with Crippen LogP contribution < -0.4 is 9.80 Å². The van der Waals surface area contributed by atoms with Crippen LogP contribution in [0.15, 0.2) is 36.8 Å². The summed E-state index contributed by atoms with van der Waals surface area (Å²) < 4.78 is 2.04. The van der Waals surface area contributed by atoms with Crippen LogP contribution in [0.25, 0.3) is 5.65 Å². The molecular formula is C25H33ClN8O. The van der Waals surface area contributed by atoms with E-state index in [0.717, 1.165) is 31.0 Å². The number of fused-ring (bicyclic) bond motifs is 1. The van der Waals surface area contributed by atoms with Crippen LogP contribution >= 0.6 is 11.6 Å². The van der Waals surface area contributed by atoms with E-state index in [1.807, 2.05) is 46.9 Å². The SMILES string of the molecule is CC1CN(c2ncc(Cl)c(N3CC(C(=O)N(C)C(C)(C)c4cnc5ccccn45)C3)n2)CCN1C. The van der Waals surface area contributed by atoms with Crippen LogP contribution in [-0.2, 0) is 10.3 Å². The van der Waals surface area contributed by atoms with Gasteiger partial charge in [0.25, 0.3) is 0 Å². The lowest BCUT2D eigenvalue weighted by atomic mass is 9.93. The Kier molecular flexibility index (Phi) is 6.09. The van der Waals surface area contributed by atoms with E-state index in [2.05, 4.69) is 52.5 Å². The zero-order valence-electron chi connectivity index (χ0n) is 21.0. The molecular weight excluding hydrogens is 464 g/mol. The molecule has 0 radical (unpaired) electrons. The molecule has 2 fully saturated rings. The highest BCUT2D eigenvalue weighted by molar-refractivity contribution is 6.32. The van der Waals surface area contributed by atoms with Gasteiger partial charge in [0.1, 0.15) is 10.7 Å². The van der Waals surface area contributed by atoms with E-state index in [0.29, 0.717) is 35.9 Å². The molecule has 5 heterocycles. The molecule has 0 aliphatic carbocycles. The number of pyridine rings is 1. The second-order valence-electron chi connectivity index (χ2n) is 10.2. The average molecular weight is 497 g/mol. The molecule has 3 aromatic rings. The molecule has 186 valence electrons. The van der Waals surface area contributed by atoms with Crippen LogP contribution in [0.3, 0.4) is 0 Å². The molecule has 10 heteroatoms. The van der Waals surface area contributed by atoms with Crippen LogP contribution in [0.2, 0.25) is 5.02 Å². The van der Waals surface area contributed by atoms with Gasteiger partial charge < -0.3 is 24.0 Å².